The Morgan fingerprint density at radius 2 is 2.00 bits per heavy atom. The van der Waals surface area contributed by atoms with Crippen LogP contribution < -0.4 is 11.1 Å². The van der Waals surface area contributed by atoms with E-state index in [1.807, 2.05) is 18.2 Å². The van der Waals surface area contributed by atoms with Gasteiger partial charge in [0.05, 0.1) is 6.04 Å². The largest absolute Gasteiger partial charge is 0.352 e. The fraction of sp³-hybridized carbons (Fsp3) is 0.500. The molecular formula is C14H22N2O. The molecule has 0 aliphatic heterocycles. The third-order valence-electron chi connectivity index (χ3n) is 2.72. The summed E-state index contributed by atoms with van der Waals surface area (Å²) in [6.45, 7) is 3.83. The van der Waals surface area contributed by atoms with E-state index in [2.05, 4.69) is 24.4 Å². The maximum absolute atomic E-state index is 11.6. The highest BCUT2D eigenvalue weighted by molar-refractivity contribution is 5.81. The van der Waals surface area contributed by atoms with Crippen molar-refractivity contribution in [3.8, 4) is 0 Å². The summed E-state index contributed by atoms with van der Waals surface area (Å²) in [5.41, 5.74) is 6.81. The van der Waals surface area contributed by atoms with Gasteiger partial charge in [0.1, 0.15) is 0 Å². The van der Waals surface area contributed by atoms with E-state index in [0.717, 1.165) is 19.3 Å². The van der Waals surface area contributed by atoms with Crippen LogP contribution in [0.1, 0.15) is 32.3 Å². The molecule has 0 saturated heterocycles. The molecule has 94 valence electrons. The summed E-state index contributed by atoms with van der Waals surface area (Å²) in [5.74, 6) is -0.0700. The van der Waals surface area contributed by atoms with Gasteiger partial charge in [-0.1, -0.05) is 43.7 Å². The molecule has 0 aliphatic rings. The normalized spacial score (nSPS) is 14.1. The van der Waals surface area contributed by atoms with Crippen molar-refractivity contribution in [2.24, 2.45) is 5.73 Å². The summed E-state index contributed by atoms with van der Waals surface area (Å²) in [7, 11) is 0. The van der Waals surface area contributed by atoms with Gasteiger partial charge in [0.2, 0.25) is 5.91 Å². The molecule has 0 spiro atoms. The van der Waals surface area contributed by atoms with E-state index in [0.29, 0.717) is 0 Å². The van der Waals surface area contributed by atoms with Gasteiger partial charge in [-0.25, -0.2) is 0 Å². The minimum atomic E-state index is -0.440. The van der Waals surface area contributed by atoms with Crippen LogP contribution in [0.5, 0.6) is 0 Å². The average Bonchev–Trinajstić information content (AvgIpc) is 2.30. The van der Waals surface area contributed by atoms with E-state index in [9.17, 15) is 4.79 Å². The predicted molar refractivity (Wildman–Crippen MR) is 70.6 cm³/mol. The summed E-state index contributed by atoms with van der Waals surface area (Å²) in [6.07, 6.45) is 2.90. The molecule has 1 aromatic rings. The van der Waals surface area contributed by atoms with Gasteiger partial charge < -0.3 is 11.1 Å². The summed E-state index contributed by atoms with van der Waals surface area (Å²) in [6, 6.07) is 9.95. The molecule has 0 aliphatic carbocycles. The van der Waals surface area contributed by atoms with Crippen LogP contribution in [-0.2, 0) is 11.2 Å². The summed E-state index contributed by atoms with van der Waals surface area (Å²) < 4.78 is 0. The number of hydrogen-bond acceptors (Lipinski definition) is 2. The second-order valence-corrected chi connectivity index (χ2v) is 4.47. The molecule has 1 unspecified atom stereocenters. The lowest BCUT2D eigenvalue weighted by atomic mass is 10.0. The Morgan fingerprint density at radius 3 is 2.53 bits per heavy atom. The van der Waals surface area contributed by atoms with Crippen molar-refractivity contribution in [2.45, 2.75) is 45.2 Å². The van der Waals surface area contributed by atoms with Gasteiger partial charge in [0.15, 0.2) is 0 Å². The number of carbonyl (C=O) groups is 1. The van der Waals surface area contributed by atoms with E-state index in [1.54, 1.807) is 6.92 Å². The second kappa shape index (κ2) is 7.07. The zero-order valence-electron chi connectivity index (χ0n) is 10.6. The summed E-state index contributed by atoms with van der Waals surface area (Å²) >= 11 is 0. The highest BCUT2D eigenvalue weighted by Crippen LogP contribution is 2.07. The van der Waals surface area contributed by atoms with Crippen LogP contribution in [0.15, 0.2) is 30.3 Å². The quantitative estimate of drug-likeness (QED) is 0.789. The molecule has 0 heterocycles. The molecule has 0 saturated carbocycles. The lowest BCUT2D eigenvalue weighted by Gasteiger charge is -2.19. The van der Waals surface area contributed by atoms with Crippen molar-refractivity contribution in [3.63, 3.8) is 0 Å². The fourth-order valence-corrected chi connectivity index (χ4v) is 1.80. The highest BCUT2D eigenvalue weighted by Gasteiger charge is 2.14. The van der Waals surface area contributed by atoms with E-state index >= 15 is 0 Å². The Kier molecular flexibility index (Phi) is 5.70. The van der Waals surface area contributed by atoms with Crippen LogP contribution in [0.25, 0.3) is 0 Å². The molecule has 3 heteroatoms. The van der Waals surface area contributed by atoms with Gasteiger partial charge >= 0.3 is 0 Å². The summed E-state index contributed by atoms with van der Waals surface area (Å²) in [4.78, 5) is 11.6. The Labute approximate surface area is 103 Å². The van der Waals surface area contributed by atoms with Crippen molar-refractivity contribution in [1.82, 2.24) is 5.32 Å². The number of nitrogens with two attached hydrogens (primary N) is 1. The predicted octanol–water partition coefficient (Wildman–Crippen LogP) is 1.86. The van der Waals surface area contributed by atoms with E-state index in [-0.39, 0.29) is 11.9 Å². The molecule has 3 nitrogen and oxygen atoms in total. The first-order valence-electron chi connectivity index (χ1n) is 6.23. The van der Waals surface area contributed by atoms with Gasteiger partial charge in [-0.2, -0.15) is 0 Å². The van der Waals surface area contributed by atoms with Crippen LogP contribution in [0.3, 0.4) is 0 Å². The molecule has 0 aromatic heterocycles. The maximum Gasteiger partial charge on any atom is 0.236 e. The van der Waals surface area contributed by atoms with Gasteiger partial charge in [0, 0.05) is 6.04 Å². The minimum Gasteiger partial charge on any atom is -0.352 e. The third kappa shape index (κ3) is 5.00. The number of nitrogens with one attached hydrogen (secondary N) is 1. The van der Waals surface area contributed by atoms with Gasteiger partial charge in [-0.15, -0.1) is 0 Å². The molecule has 1 amide bonds. The van der Waals surface area contributed by atoms with Crippen molar-refractivity contribution in [3.05, 3.63) is 35.9 Å². The first kappa shape index (κ1) is 13.7. The Hall–Kier alpha value is -1.35. The van der Waals surface area contributed by atoms with E-state index < -0.39 is 6.04 Å². The standard InChI is InChI=1S/C14H22N2O/c1-3-7-13(16-14(17)11(2)15)10-12-8-5-4-6-9-12/h4-6,8-9,11,13H,3,7,10,15H2,1-2H3,(H,16,17)/t11-,13?/m0/s1. The maximum atomic E-state index is 11.6. The van der Waals surface area contributed by atoms with Gasteiger partial charge in [0.25, 0.3) is 0 Å². The molecule has 2 atom stereocenters. The number of amides is 1. The lowest BCUT2D eigenvalue weighted by Crippen LogP contribution is -2.44. The highest BCUT2D eigenvalue weighted by atomic mass is 16.2. The number of carbonyl (C=O) groups excluding carboxylic acids is 1. The molecular weight excluding hydrogens is 212 g/mol. The number of benzene rings is 1. The molecule has 1 aromatic carbocycles. The Balaban J connectivity index is 2.57. The average molecular weight is 234 g/mol. The summed E-state index contributed by atoms with van der Waals surface area (Å²) in [5, 5.41) is 3.00. The van der Waals surface area contributed by atoms with Crippen molar-refractivity contribution in [2.75, 3.05) is 0 Å². The van der Waals surface area contributed by atoms with Crippen LogP contribution in [-0.4, -0.2) is 18.0 Å². The fourth-order valence-electron chi connectivity index (χ4n) is 1.80. The lowest BCUT2D eigenvalue weighted by molar-refractivity contribution is -0.122. The molecule has 3 N–H and O–H groups in total. The topological polar surface area (TPSA) is 55.1 Å². The first-order chi connectivity index (χ1) is 8.13. The monoisotopic (exact) mass is 234 g/mol. The smallest absolute Gasteiger partial charge is 0.236 e. The van der Waals surface area contributed by atoms with Gasteiger partial charge in [-0.05, 0) is 25.3 Å². The zero-order valence-corrected chi connectivity index (χ0v) is 10.6. The Bertz CT molecular complexity index is 335. The van der Waals surface area contributed by atoms with Crippen molar-refractivity contribution < 1.29 is 4.79 Å². The molecule has 1 rings (SSSR count). The number of rotatable bonds is 6. The number of hydrogen-bond donors (Lipinski definition) is 2. The van der Waals surface area contributed by atoms with Crippen LogP contribution in [0.4, 0.5) is 0 Å². The van der Waals surface area contributed by atoms with Gasteiger partial charge in [-0.3, -0.25) is 4.79 Å². The first-order valence-corrected chi connectivity index (χ1v) is 6.23. The molecule has 0 bridgehead atoms. The van der Waals surface area contributed by atoms with E-state index in [4.69, 9.17) is 5.73 Å². The molecule has 0 fully saturated rings. The SMILES string of the molecule is CCCC(Cc1ccccc1)NC(=O)[C@H](C)N. The second-order valence-electron chi connectivity index (χ2n) is 4.47. The zero-order chi connectivity index (χ0) is 12.7. The third-order valence-corrected chi connectivity index (χ3v) is 2.72. The Morgan fingerprint density at radius 1 is 1.35 bits per heavy atom. The van der Waals surface area contributed by atoms with Crippen LogP contribution in [0.2, 0.25) is 0 Å². The molecule has 17 heavy (non-hydrogen) atoms. The van der Waals surface area contributed by atoms with Crippen molar-refractivity contribution in [1.29, 1.82) is 0 Å². The van der Waals surface area contributed by atoms with Crippen LogP contribution in [0, 0.1) is 0 Å². The van der Waals surface area contributed by atoms with Crippen molar-refractivity contribution >= 4 is 5.91 Å². The minimum absolute atomic E-state index is 0.0700. The van der Waals surface area contributed by atoms with E-state index in [1.165, 1.54) is 5.56 Å². The van der Waals surface area contributed by atoms with Crippen LogP contribution >= 0.6 is 0 Å². The molecule has 0 radical (unpaired) electrons.